The highest BCUT2D eigenvalue weighted by Gasteiger charge is 2.23. The number of aryl methyl sites for hydroxylation is 1. The van der Waals surface area contributed by atoms with Gasteiger partial charge in [-0.05, 0) is 44.7 Å². The van der Waals surface area contributed by atoms with Crippen LogP contribution in [0.3, 0.4) is 0 Å². The van der Waals surface area contributed by atoms with Gasteiger partial charge in [-0.3, -0.25) is 5.41 Å². The number of nitrogens with zero attached hydrogens (tertiary/aromatic N) is 2. The highest BCUT2D eigenvalue weighted by atomic mass is 15.2. The molecule has 17 heavy (non-hydrogen) atoms. The Bertz CT molecular complexity index is 427. The first-order chi connectivity index (χ1) is 8.11. The maximum Gasteiger partial charge on any atom is 0.140 e. The van der Waals surface area contributed by atoms with Crippen LogP contribution in [0, 0.1) is 12.3 Å². The molecule has 1 fully saturated rings. The zero-order chi connectivity index (χ0) is 12.4. The van der Waals surface area contributed by atoms with E-state index in [0.29, 0.717) is 6.04 Å². The van der Waals surface area contributed by atoms with Gasteiger partial charge in [0, 0.05) is 18.8 Å². The molecule has 1 aliphatic heterocycles. The molecule has 3 N–H and O–H groups in total. The first-order valence-corrected chi connectivity index (χ1v) is 6.18. The Balaban J connectivity index is 2.43. The number of piperidine rings is 1. The number of hydrogen-bond donors (Lipinski definition) is 2. The Morgan fingerprint density at radius 3 is 2.94 bits per heavy atom. The Morgan fingerprint density at radius 2 is 2.29 bits per heavy atom. The molecule has 0 bridgehead atoms. The van der Waals surface area contributed by atoms with E-state index in [0.717, 1.165) is 23.5 Å². The summed E-state index contributed by atoms with van der Waals surface area (Å²) in [5.74, 6) is 0.994. The van der Waals surface area contributed by atoms with E-state index in [4.69, 9.17) is 11.1 Å². The van der Waals surface area contributed by atoms with Crippen molar-refractivity contribution < 1.29 is 0 Å². The Hall–Kier alpha value is -1.58. The van der Waals surface area contributed by atoms with Crippen molar-refractivity contribution in [1.29, 1.82) is 5.41 Å². The van der Waals surface area contributed by atoms with E-state index in [1.807, 2.05) is 13.0 Å². The number of anilines is 1. The van der Waals surface area contributed by atoms with Crippen LogP contribution in [-0.2, 0) is 0 Å². The molecule has 1 saturated heterocycles. The highest BCUT2D eigenvalue weighted by Crippen LogP contribution is 2.27. The summed E-state index contributed by atoms with van der Waals surface area (Å²) in [7, 11) is 0. The fraction of sp³-hybridized carbons (Fsp3) is 0.538. The molecule has 92 valence electrons. The second kappa shape index (κ2) is 4.73. The normalized spacial score (nSPS) is 20.4. The molecule has 2 heterocycles. The summed E-state index contributed by atoms with van der Waals surface area (Å²) < 4.78 is 0. The van der Waals surface area contributed by atoms with Crippen molar-refractivity contribution in [1.82, 2.24) is 4.98 Å². The summed E-state index contributed by atoms with van der Waals surface area (Å²) >= 11 is 0. The van der Waals surface area contributed by atoms with Crippen molar-refractivity contribution in [2.24, 2.45) is 5.73 Å². The van der Waals surface area contributed by atoms with E-state index in [2.05, 4.69) is 16.8 Å². The second-order valence-corrected chi connectivity index (χ2v) is 4.78. The zero-order valence-electron chi connectivity index (χ0n) is 10.5. The van der Waals surface area contributed by atoms with Crippen molar-refractivity contribution in [2.45, 2.75) is 39.2 Å². The molecule has 0 amide bonds. The third-order valence-electron chi connectivity index (χ3n) is 3.48. The smallest absolute Gasteiger partial charge is 0.140 e. The van der Waals surface area contributed by atoms with Crippen molar-refractivity contribution >= 4 is 11.7 Å². The van der Waals surface area contributed by atoms with Crippen LogP contribution in [0.25, 0.3) is 0 Å². The summed E-state index contributed by atoms with van der Waals surface area (Å²) in [6.45, 7) is 5.21. The minimum absolute atomic E-state index is 0.114. The summed E-state index contributed by atoms with van der Waals surface area (Å²) in [6, 6.07) is 2.39. The number of rotatable bonds is 2. The van der Waals surface area contributed by atoms with Gasteiger partial charge < -0.3 is 10.6 Å². The molecular formula is C13H20N4. The van der Waals surface area contributed by atoms with Gasteiger partial charge in [0.1, 0.15) is 11.7 Å². The molecule has 0 aromatic carbocycles. The molecular weight excluding hydrogens is 212 g/mol. The molecule has 1 unspecified atom stereocenters. The molecule has 1 aromatic rings. The number of aromatic nitrogens is 1. The van der Waals surface area contributed by atoms with Gasteiger partial charge in [0.25, 0.3) is 0 Å². The van der Waals surface area contributed by atoms with Gasteiger partial charge in [-0.25, -0.2) is 4.98 Å². The standard InChI is InChI=1S/C13H20N4/c1-9-6-7-16-13(11(9)12(14)15)17-8-4-3-5-10(17)2/h6-7,10H,3-5,8H2,1-2H3,(H3,14,15). The van der Waals surface area contributed by atoms with E-state index < -0.39 is 0 Å². The van der Waals surface area contributed by atoms with Crippen LogP contribution in [0.4, 0.5) is 5.82 Å². The lowest BCUT2D eigenvalue weighted by Gasteiger charge is -2.35. The van der Waals surface area contributed by atoms with Crippen molar-refractivity contribution in [3.63, 3.8) is 0 Å². The van der Waals surface area contributed by atoms with Crippen LogP contribution < -0.4 is 10.6 Å². The van der Waals surface area contributed by atoms with Crippen LogP contribution in [0.2, 0.25) is 0 Å². The molecule has 1 aliphatic rings. The first-order valence-electron chi connectivity index (χ1n) is 6.18. The quantitative estimate of drug-likeness (QED) is 0.606. The Morgan fingerprint density at radius 1 is 1.53 bits per heavy atom. The summed E-state index contributed by atoms with van der Waals surface area (Å²) in [4.78, 5) is 6.72. The SMILES string of the molecule is Cc1ccnc(N2CCCCC2C)c1C(=N)N. The third-order valence-corrected chi connectivity index (χ3v) is 3.48. The average Bonchev–Trinajstić information content (AvgIpc) is 2.28. The molecule has 0 radical (unpaired) electrons. The number of hydrogen-bond acceptors (Lipinski definition) is 3. The molecule has 2 rings (SSSR count). The predicted molar refractivity (Wildman–Crippen MR) is 70.6 cm³/mol. The molecule has 0 aliphatic carbocycles. The number of nitrogens with one attached hydrogen (secondary N) is 1. The topological polar surface area (TPSA) is 66.0 Å². The summed E-state index contributed by atoms with van der Waals surface area (Å²) in [5.41, 5.74) is 7.50. The van der Waals surface area contributed by atoms with Gasteiger partial charge >= 0.3 is 0 Å². The number of pyridine rings is 1. The van der Waals surface area contributed by atoms with Crippen LogP contribution in [0.1, 0.15) is 37.3 Å². The number of nitrogen functional groups attached to an aromatic ring is 1. The molecule has 0 saturated carbocycles. The zero-order valence-corrected chi connectivity index (χ0v) is 10.5. The van der Waals surface area contributed by atoms with Crippen LogP contribution >= 0.6 is 0 Å². The predicted octanol–water partition coefficient (Wildman–Crippen LogP) is 2.05. The Labute approximate surface area is 102 Å². The minimum Gasteiger partial charge on any atom is -0.384 e. The third kappa shape index (κ3) is 2.25. The highest BCUT2D eigenvalue weighted by molar-refractivity contribution is 6.01. The van der Waals surface area contributed by atoms with Gasteiger partial charge in [0.2, 0.25) is 0 Å². The first kappa shape index (κ1) is 11.9. The average molecular weight is 232 g/mol. The van der Waals surface area contributed by atoms with E-state index in [1.165, 1.54) is 19.3 Å². The molecule has 4 heteroatoms. The maximum absolute atomic E-state index is 7.71. The monoisotopic (exact) mass is 232 g/mol. The fourth-order valence-electron chi connectivity index (χ4n) is 2.51. The van der Waals surface area contributed by atoms with Crippen LogP contribution in [-0.4, -0.2) is 23.4 Å². The second-order valence-electron chi connectivity index (χ2n) is 4.78. The van der Waals surface area contributed by atoms with Crippen molar-refractivity contribution in [3.05, 3.63) is 23.4 Å². The largest absolute Gasteiger partial charge is 0.384 e. The van der Waals surface area contributed by atoms with E-state index >= 15 is 0 Å². The maximum atomic E-state index is 7.71. The van der Waals surface area contributed by atoms with E-state index in [-0.39, 0.29) is 5.84 Å². The molecule has 1 aromatic heterocycles. The van der Waals surface area contributed by atoms with E-state index in [9.17, 15) is 0 Å². The molecule has 0 spiro atoms. The summed E-state index contributed by atoms with van der Waals surface area (Å²) in [5, 5.41) is 7.71. The van der Waals surface area contributed by atoms with Crippen LogP contribution in [0.5, 0.6) is 0 Å². The van der Waals surface area contributed by atoms with Crippen molar-refractivity contribution in [3.8, 4) is 0 Å². The van der Waals surface area contributed by atoms with E-state index in [1.54, 1.807) is 6.20 Å². The number of nitrogens with two attached hydrogens (primary N) is 1. The Kier molecular flexibility index (Phi) is 3.31. The van der Waals surface area contributed by atoms with Gasteiger partial charge in [0.05, 0.1) is 5.56 Å². The fourth-order valence-corrected chi connectivity index (χ4v) is 2.51. The minimum atomic E-state index is 0.114. The van der Waals surface area contributed by atoms with Crippen LogP contribution in [0.15, 0.2) is 12.3 Å². The van der Waals surface area contributed by atoms with Gasteiger partial charge in [-0.1, -0.05) is 0 Å². The lowest BCUT2D eigenvalue weighted by molar-refractivity contribution is 0.481. The molecule has 1 atom stereocenters. The summed E-state index contributed by atoms with van der Waals surface area (Å²) in [6.07, 6.45) is 5.46. The molecule has 4 nitrogen and oxygen atoms in total. The number of amidine groups is 1. The lowest BCUT2D eigenvalue weighted by Crippen LogP contribution is -2.39. The lowest BCUT2D eigenvalue weighted by atomic mass is 10.0. The van der Waals surface area contributed by atoms with Gasteiger partial charge in [-0.2, -0.15) is 0 Å². The van der Waals surface area contributed by atoms with Crippen molar-refractivity contribution in [2.75, 3.05) is 11.4 Å². The van der Waals surface area contributed by atoms with Gasteiger partial charge in [-0.15, -0.1) is 0 Å². The van der Waals surface area contributed by atoms with Gasteiger partial charge in [0.15, 0.2) is 0 Å².